The molecule has 28 heavy (non-hydrogen) atoms. The molecule has 2 aliphatic rings. The molecule has 4 heterocycles. The van der Waals surface area contributed by atoms with Gasteiger partial charge >= 0.3 is 5.69 Å². The normalized spacial score (nSPS) is 24.4. The van der Waals surface area contributed by atoms with Crippen molar-refractivity contribution >= 4 is 17.5 Å². The van der Waals surface area contributed by atoms with Crippen molar-refractivity contribution in [2.75, 3.05) is 13.1 Å². The second kappa shape index (κ2) is 7.25. The summed E-state index contributed by atoms with van der Waals surface area (Å²) in [5.41, 5.74) is -0.696. The molecule has 0 aliphatic carbocycles. The third kappa shape index (κ3) is 3.30. The Morgan fingerprint density at radius 3 is 2.82 bits per heavy atom. The molecule has 1 fully saturated rings. The molecule has 1 N–H and O–H groups in total. The van der Waals surface area contributed by atoms with Gasteiger partial charge in [-0.3, -0.25) is 14.3 Å². The third-order valence-corrected chi connectivity index (χ3v) is 5.34. The number of likely N-dealkylation sites (tertiary alicyclic amines) is 1. The predicted molar refractivity (Wildman–Crippen MR) is 94.1 cm³/mol. The van der Waals surface area contributed by atoms with E-state index in [1.165, 1.54) is 11.1 Å². The molecule has 0 radical (unpaired) electrons. The van der Waals surface area contributed by atoms with Gasteiger partial charge in [-0.2, -0.15) is 5.10 Å². The third-order valence-electron chi connectivity index (χ3n) is 5.13. The summed E-state index contributed by atoms with van der Waals surface area (Å²) in [7, 11) is 0. The average Bonchev–Trinajstić information content (AvgIpc) is 3.22. The zero-order valence-electron chi connectivity index (χ0n) is 14.8. The maximum Gasteiger partial charge on any atom is 0.347 e. The van der Waals surface area contributed by atoms with Crippen LogP contribution in [0.25, 0.3) is 0 Å². The largest absolute Gasteiger partial charge is 0.385 e. The van der Waals surface area contributed by atoms with Gasteiger partial charge in [0.25, 0.3) is 0 Å². The van der Waals surface area contributed by atoms with Crippen LogP contribution in [-0.2, 0) is 11.3 Å². The van der Waals surface area contributed by atoms with Crippen LogP contribution in [0.4, 0.5) is 8.78 Å². The van der Waals surface area contributed by atoms with E-state index in [1.54, 1.807) is 0 Å². The molecular weight excluding hydrogens is 396 g/mol. The van der Waals surface area contributed by atoms with E-state index in [9.17, 15) is 23.5 Å². The molecule has 150 valence electrons. The fourth-order valence-corrected chi connectivity index (χ4v) is 3.84. The average molecular weight is 414 g/mol. The van der Waals surface area contributed by atoms with Crippen LogP contribution in [0.15, 0.2) is 17.1 Å². The molecular formula is C17H18ClF2N5O3. The first-order chi connectivity index (χ1) is 13.3. The Balaban J connectivity index is 1.67. The lowest BCUT2D eigenvalue weighted by molar-refractivity contribution is -0.135. The Hall–Kier alpha value is -2.33. The number of fused-ring (bicyclic) bond motifs is 1. The molecule has 2 aromatic rings. The van der Waals surface area contributed by atoms with Gasteiger partial charge in [0.1, 0.15) is 24.1 Å². The summed E-state index contributed by atoms with van der Waals surface area (Å²) in [5, 5.41) is 14.5. The predicted octanol–water partition coefficient (Wildman–Crippen LogP) is 1.22. The molecule has 1 amide bonds. The van der Waals surface area contributed by atoms with Crippen molar-refractivity contribution in [1.29, 1.82) is 0 Å². The van der Waals surface area contributed by atoms with E-state index in [2.05, 4.69) is 10.1 Å². The smallest absolute Gasteiger partial charge is 0.347 e. The highest BCUT2D eigenvalue weighted by atomic mass is 35.5. The number of aromatic nitrogens is 4. The van der Waals surface area contributed by atoms with Gasteiger partial charge < -0.3 is 10.0 Å². The molecule has 2 aliphatic heterocycles. The van der Waals surface area contributed by atoms with E-state index >= 15 is 0 Å². The van der Waals surface area contributed by atoms with Crippen molar-refractivity contribution < 1.29 is 18.7 Å². The Bertz CT molecular complexity index is 978. The van der Waals surface area contributed by atoms with Crippen molar-refractivity contribution in [3.05, 3.63) is 45.1 Å². The second-order valence-corrected chi connectivity index (χ2v) is 7.47. The highest BCUT2D eigenvalue weighted by molar-refractivity contribution is 6.30. The number of carbonyl (C=O) groups excluding carboxylic acids is 1. The summed E-state index contributed by atoms with van der Waals surface area (Å²) < 4.78 is 29.6. The Morgan fingerprint density at radius 1 is 1.36 bits per heavy atom. The number of rotatable bonds is 3. The van der Waals surface area contributed by atoms with Gasteiger partial charge in [-0.15, -0.1) is 0 Å². The molecule has 1 saturated heterocycles. The minimum Gasteiger partial charge on any atom is -0.385 e. The number of aliphatic hydroxyl groups is 1. The van der Waals surface area contributed by atoms with E-state index in [1.807, 2.05) is 0 Å². The fourth-order valence-electron chi connectivity index (χ4n) is 3.70. The summed E-state index contributed by atoms with van der Waals surface area (Å²) in [6.45, 7) is 0.0128. The molecule has 11 heteroatoms. The molecule has 0 aromatic carbocycles. The van der Waals surface area contributed by atoms with Crippen LogP contribution in [0.3, 0.4) is 0 Å². The number of alkyl halides is 1. The van der Waals surface area contributed by atoms with Crippen molar-refractivity contribution in [2.45, 2.75) is 44.1 Å². The van der Waals surface area contributed by atoms with Crippen LogP contribution >= 0.6 is 11.6 Å². The summed E-state index contributed by atoms with van der Waals surface area (Å²) >= 11 is 5.69. The lowest BCUT2D eigenvalue weighted by Gasteiger charge is -2.28. The zero-order valence-corrected chi connectivity index (χ0v) is 15.5. The van der Waals surface area contributed by atoms with Crippen LogP contribution < -0.4 is 5.69 Å². The van der Waals surface area contributed by atoms with E-state index in [4.69, 9.17) is 11.6 Å². The van der Waals surface area contributed by atoms with Crippen molar-refractivity contribution in [3.8, 4) is 0 Å². The second-order valence-electron chi connectivity index (χ2n) is 7.03. The van der Waals surface area contributed by atoms with Gasteiger partial charge in [-0.1, -0.05) is 11.6 Å². The number of nitrogens with zero attached hydrogens (tertiary/aromatic N) is 5. The minimum atomic E-state index is -1.07. The lowest BCUT2D eigenvalue weighted by atomic mass is 10.0. The monoisotopic (exact) mass is 413 g/mol. The Labute approximate surface area is 163 Å². The van der Waals surface area contributed by atoms with Gasteiger partial charge in [-0.05, 0) is 25.3 Å². The highest BCUT2D eigenvalue weighted by Crippen LogP contribution is 2.31. The highest BCUT2D eigenvalue weighted by Gasteiger charge is 2.38. The topological polar surface area (TPSA) is 93.2 Å². The van der Waals surface area contributed by atoms with Crippen LogP contribution in [0.5, 0.6) is 0 Å². The van der Waals surface area contributed by atoms with Crippen LogP contribution in [0, 0.1) is 5.82 Å². The number of amides is 1. The van der Waals surface area contributed by atoms with Crippen LogP contribution in [-0.4, -0.2) is 54.5 Å². The van der Waals surface area contributed by atoms with E-state index in [0.29, 0.717) is 0 Å². The van der Waals surface area contributed by atoms with Crippen LogP contribution in [0.1, 0.15) is 42.9 Å². The maximum absolute atomic E-state index is 14.0. The fraction of sp³-hybridized carbons (Fsp3) is 0.529. The summed E-state index contributed by atoms with van der Waals surface area (Å²) in [5.74, 6) is -1.02. The SMILES string of the molecule is O=C([C@@H]1CCC(O)c2nn(Cc3ncc(Cl)cc3F)c(=O)n21)N1CC[C@H](F)C1. The van der Waals surface area contributed by atoms with Crippen molar-refractivity contribution in [1.82, 2.24) is 24.2 Å². The first-order valence-electron chi connectivity index (χ1n) is 8.95. The van der Waals surface area contributed by atoms with Gasteiger partial charge in [-0.25, -0.2) is 18.3 Å². The Morgan fingerprint density at radius 2 is 2.14 bits per heavy atom. The van der Waals surface area contributed by atoms with Gasteiger partial charge in [0.2, 0.25) is 5.91 Å². The first-order valence-corrected chi connectivity index (χ1v) is 9.33. The number of hydrogen-bond donors (Lipinski definition) is 1. The molecule has 0 spiro atoms. The number of carbonyl (C=O) groups is 1. The molecule has 1 unspecified atom stereocenters. The van der Waals surface area contributed by atoms with E-state index < -0.39 is 29.8 Å². The Kier molecular flexibility index (Phi) is 4.92. The van der Waals surface area contributed by atoms with E-state index in [0.717, 1.165) is 15.3 Å². The quantitative estimate of drug-likeness (QED) is 0.816. The summed E-state index contributed by atoms with van der Waals surface area (Å²) in [6.07, 6.45) is -0.0936. The number of hydrogen-bond acceptors (Lipinski definition) is 5. The molecule has 4 rings (SSSR count). The maximum atomic E-state index is 14.0. The van der Waals surface area contributed by atoms with Crippen LogP contribution in [0.2, 0.25) is 5.02 Å². The lowest BCUT2D eigenvalue weighted by Crippen LogP contribution is -2.42. The molecule has 0 saturated carbocycles. The summed E-state index contributed by atoms with van der Waals surface area (Å²) in [4.78, 5) is 30.9. The molecule has 3 atom stereocenters. The minimum absolute atomic E-state index is 0.00395. The van der Waals surface area contributed by atoms with Crippen molar-refractivity contribution in [3.63, 3.8) is 0 Å². The van der Waals surface area contributed by atoms with Gasteiger partial charge in [0.05, 0.1) is 23.8 Å². The zero-order chi connectivity index (χ0) is 20.0. The molecule has 2 aromatic heterocycles. The number of pyridine rings is 1. The van der Waals surface area contributed by atoms with Crippen molar-refractivity contribution in [2.24, 2.45) is 0 Å². The van der Waals surface area contributed by atoms with E-state index in [-0.39, 0.29) is 61.3 Å². The summed E-state index contributed by atoms with van der Waals surface area (Å²) in [6, 6.07) is 0.209. The first kappa shape index (κ1) is 19.0. The standard InChI is InChI=1S/C17H18ClF2N5O3/c18-9-5-11(20)12(21-6-9)8-24-17(28)25-13(1-2-14(26)15(25)22-24)16(27)23-4-3-10(19)7-23/h5-6,10,13-14,26H,1-4,7-8H2/t10-,13-,14?/m0/s1. The number of aliphatic hydroxyl groups excluding tert-OH is 1. The number of halogens is 3. The van der Waals surface area contributed by atoms with Gasteiger partial charge in [0.15, 0.2) is 5.82 Å². The molecule has 0 bridgehead atoms. The van der Waals surface area contributed by atoms with Gasteiger partial charge in [0, 0.05) is 12.7 Å². The molecule has 8 nitrogen and oxygen atoms in total.